The van der Waals surface area contributed by atoms with Gasteiger partial charge in [-0.25, -0.2) is 13.1 Å². The maximum Gasteiger partial charge on any atom is 0.270 e. The van der Waals surface area contributed by atoms with Crippen molar-refractivity contribution in [3.05, 3.63) is 28.3 Å². The molecule has 1 aliphatic carbocycles. The van der Waals surface area contributed by atoms with Crippen molar-refractivity contribution in [1.82, 2.24) is 4.72 Å². The lowest BCUT2D eigenvalue weighted by Gasteiger charge is -2.08. The van der Waals surface area contributed by atoms with Gasteiger partial charge in [0.25, 0.3) is 5.69 Å². The molecule has 1 aromatic carbocycles. The Hall–Kier alpha value is -1.67. The van der Waals surface area contributed by atoms with E-state index < -0.39 is 14.9 Å². The number of nitrogen functional groups attached to an aromatic ring is 1. The van der Waals surface area contributed by atoms with Gasteiger partial charge in [-0.05, 0) is 18.4 Å². The smallest absolute Gasteiger partial charge is 0.270 e. The average molecular weight is 285 g/mol. The molecule has 0 amide bonds. The fraction of sp³-hybridized carbons (Fsp3) is 0.455. The first kappa shape index (κ1) is 13.8. The molecule has 7 nitrogen and oxygen atoms in total. The Morgan fingerprint density at radius 2 is 2.11 bits per heavy atom. The number of nitrogens with two attached hydrogens (primary N) is 1. The highest BCUT2D eigenvalue weighted by Crippen LogP contribution is 2.32. The Labute approximate surface area is 111 Å². The quantitative estimate of drug-likeness (QED) is 0.463. The summed E-state index contributed by atoms with van der Waals surface area (Å²) in [5, 5.41) is 10.7. The summed E-state index contributed by atoms with van der Waals surface area (Å²) >= 11 is 0. The van der Waals surface area contributed by atoms with E-state index >= 15 is 0 Å². The van der Waals surface area contributed by atoms with E-state index in [9.17, 15) is 18.5 Å². The number of anilines is 1. The molecule has 0 spiro atoms. The third kappa shape index (κ3) is 3.42. The van der Waals surface area contributed by atoms with E-state index in [0.717, 1.165) is 25.3 Å². The van der Waals surface area contributed by atoms with Gasteiger partial charge in [-0.2, -0.15) is 0 Å². The number of nitro benzene ring substituents is 1. The number of non-ortho nitro benzene ring substituents is 1. The van der Waals surface area contributed by atoms with E-state index in [1.807, 2.05) is 0 Å². The Balaban J connectivity index is 2.17. The first-order valence-corrected chi connectivity index (χ1v) is 7.42. The van der Waals surface area contributed by atoms with Crippen molar-refractivity contribution in [1.29, 1.82) is 0 Å². The highest BCUT2D eigenvalue weighted by atomic mass is 32.2. The summed E-state index contributed by atoms with van der Waals surface area (Å²) in [5.41, 5.74) is 5.29. The number of nitrogens with zero attached hydrogens (tertiary/aromatic N) is 1. The van der Waals surface area contributed by atoms with Gasteiger partial charge in [-0.1, -0.05) is 12.8 Å². The molecular weight excluding hydrogens is 270 g/mol. The molecule has 1 aromatic rings. The molecule has 19 heavy (non-hydrogen) atoms. The molecule has 0 atom stereocenters. The van der Waals surface area contributed by atoms with Gasteiger partial charge in [0.2, 0.25) is 10.0 Å². The van der Waals surface area contributed by atoms with Gasteiger partial charge >= 0.3 is 0 Å². The monoisotopic (exact) mass is 285 g/mol. The van der Waals surface area contributed by atoms with Crippen LogP contribution in [0.2, 0.25) is 0 Å². The summed E-state index contributed by atoms with van der Waals surface area (Å²) < 4.78 is 26.5. The van der Waals surface area contributed by atoms with Crippen molar-refractivity contribution in [2.75, 3.05) is 12.3 Å². The molecule has 8 heteroatoms. The van der Waals surface area contributed by atoms with Crippen molar-refractivity contribution >= 4 is 21.4 Å². The lowest BCUT2D eigenvalue weighted by molar-refractivity contribution is -0.385. The van der Waals surface area contributed by atoms with Crippen LogP contribution in [0.3, 0.4) is 0 Å². The zero-order valence-corrected chi connectivity index (χ0v) is 11.0. The van der Waals surface area contributed by atoms with Gasteiger partial charge in [0.1, 0.15) is 4.90 Å². The fourth-order valence-corrected chi connectivity index (χ4v) is 2.95. The zero-order valence-electron chi connectivity index (χ0n) is 10.2. The Kier molecular flexibility index (Phi) is 3.72. The van der Waals surface area contributed by atoms with Crippen molar-refractivity contribution in [3.8, 4) is 0 Å². The van der Waals surface area contributed by atoms with Crippen molar-refractivity contribution in [2.45, 2.75) is 24.2 Å². The molecule has 1 fully saturated rings. The molecule has 2 rings (SSSR count). The minimum Gasteiger partial charge on any atom is -0.398 e. The highest BCUT2D eigenvalue weighted by molar-refractivity contribution is 7.89. The second-order valence-electron chi connectivity index (χ2n) is 4.61. The van der Waals surface area contributed by atoms with Crippen LogP contribution in [0.1, 0.15) is 19.3 Å². The van der Waals surface area contributed by atoms with Crippen LogP contribution in [-0.4, -0.2) is 19.9 Å². The van der Waals surface area contributed by atoms with E-state index in [2.05, 4.69) is 4.72 Å². The van der Waals surface area contributed by atoms with E-state index in [0.29, 0.717) is 12.5 Å². The third-order valence-electron chi connectivity index (χ3n) is 3.04. The van der Waals surface area contributed by atoms with Crippen molar-refractivity contribution in [3.63, 3.8) is 0 Å². The molecule has 1 saturated carbocycles. The van der Waals surface area contributed by atoms with Crippen LogP contribution in [0, 0.1) is 16.0 Å². The Morgan fingerprint density at radius 3 is 2.68 bits per heavy atom. The average Bonchev–Trinajstić information content (AvgIpc) is 3.12. The number of benzene rings is 1. The van der Waals surface area contributed by atoms with E-state index in [1.165, 1.54) is 12.1 Å². The minimum absolute atomic E-state index is 0.00419. The van der Waals surface area contributed by atoms with Gasteiger partial charge in [0.15, 0.2) is 0 Å². The number of nitrogens with one attached hydrogen (secondary N) is 1. The lowest BCUT2D eigenvalue weighted by atomic mass is 10.3. The second-order valence-corrected chi connectivity index (χ2v) is 6.34. The summed E-state index contributed by atoms with van der Waals surface area (Å²) in [4.78, 5) is 9.76. The second kappa shape index (κ2) is 5.14. The molecule has 0 saturated heterocycles. The lowest BCUT2D eigenvalue weighted by Crippen LogP contribution is -2.26. The number of nitro groups is 1. The van der Waals surface area contributed by atoms with Gasteiger partial charge in [0.05, 0.1) is 10.6 Å². The summed E-state index contributed by atoms with van der Waals surface area (Å²) in [6.45, 7) is 0.329. The summed E-state index contributed by atoms with van der Waals surface area (Å²) in [5.74, 6) is 0.602. The molecule has 3 N–H and O–H groups in total. The topological polar surface area (TPSA) is 115 Å². The predicted octanol–water partition coefficient (Wildman–Crippen LogP) is 1.26. The van der Waals surface area contributed by atoms with Gasteiger partial charge in [-0.15, -0.1) is 0 Å². The molecule has 0 radical (unpaired) electrons. The van der Waals surface area contributed by atoms with Gasteiger partial charge < -0.3 is 5.73 Å². The molecule has 0 unspecified atom stereocenters. The SMILES string of the molecule is Nc1ccc([N+](=O)[O-])cc1S(=O)(=O)NCCC1CC1. The van der Waals surface area contributed by atoms with Crippen LogP contribution >= 0.6 is 0 Å². The van der Waals surface area contributed by atoms with E-state index in [-0.39, 0.29) is 16.3 Å². The summed E-state index contributed by atoms with van der Waals surface area (Å²) in [7, 11) is -3.79. The summed E-state index contributed by atoms with van der Waals surface area (Å²) in [6, 6.07) is 3.39. The molecule has 0 aliphatic heterocycles. The first-order chi connectivity index (χ1) is 8.90. The molecule has 104 valence electrons. The van der Waals surface area contributed by atoms with Crippen LogP contribution in [0.25, 0.3) is 0 Å². The van der Waals surface area contributed by atoms with Crippen LogP contribution in [0.15, 0.2) is 23.1 Å². The fourth-order valence-electron chi connectivity index (χ4n) is 1.75. The minimum atomic E-state index is -3.79. The Bertz CT molecular complexity index is 596. The van der Waals surface area contributed by atoms with Crippen LogP contribution in [-0.2, 0) is 10.0 Å². The molecule has 1 aliphatic rings. The molecule has 0 aromatic heterocycles. The van der Waals surface area contributed by atoms with E-state index in [1.54, 1.807) is 0 Å². The van der Waals surface area contributed by atoms with E-state index in [4.69, 9.17) is 5.73 Å². The maximum atomic E-state index is 12.0. The number of hydrogen-bond acceptors (Lipinski definition) is 5. The maximum absolute atomic E-state index is 12.0. The van der Waals surface area contributed by atoms with Crippen LogP contribution < -0.4 is 10.5 Å². The number of rotatable bonds is 6. The number of hydrogen-bond donors (Lipinski definition) is 2. The largest absolute Gasteiger partial charge is 0.398 e. The first-order valence-electron chi connectivity index (χ1n) is 5.94. The zero-order chi connectivity index (χ0) is 14.0. The molecular formula is C11H15N3O4S. The van der Waals surface area contributed by atoms with Gasteiger partial charge in [-0.3, -0.25) is 10.1 Å². The van der Waals surface area contributed by atoms with Crippen LogP contribution in [0.5, 0.6) is 0 Å². The Morgan fingerprint density at radius 1 is 1.42 bits per heavy atom. The van der Waals surface area contributed by atoms with Crippen LogP contribution in [0.4, 0.5) is 11.4 Å². The third-order valence-corrected chi connectivity index (χ3v) is 4.56. The summed E-state index contributed by atoms with van der Waals surface area (Å²) in [6.07, 6.45) is 3.06. The standard InChI is InChI=1S/C11H15N3O4S/c12-10-4-3-9(14(15)16)7-11(10)19(17,18)13-6-5-8-1-2-8/h3-4,7-8,13H,1-2,5-6,12H2. The van der Waals surface area contributed by atoms with Crippen molar-refractivity contribution < 1.29 is 13.3 Å². The van der Waals surface area contributed by atoms with Gasteiger partial charge in [0, 0.05) is 18.7 Å². The molecule has 0 heterocycles. The molecule has 0 bridgehead atoms. The number of sulfonamides is 1. The normalized spacial score (nSPS) is 15.4. The highest BCUT2D eigenvalue weighted by Gasteiger charge is 2.24. The van der Waals surface area contributed by atoms with Crippen molar-refractivity contribution in [2.24, 2.45) is 5.92 Å². The predicted molar refractivity (Wildman–Crippen MR) is 70.0 cm³/mol.